The number of primary sulfonamides is 1. The average Bonchev–Trinajstić information content (AvgIpc) is 3.52. The Balaban J connectivity index is 1.88. The monoisotopic (exact) mass is 505 g/mol. The van der Waals surface area contributed by atoms with Gasteiger partial charge in [0.05, 0.1) is 25.9 Å². The molecule has 0 spiro atoms. The van der Waals surface area contributed by atoms with E-state index < -0.39 is 30.0 Å². The Morgan fingerprint density at radius 1 is 1.09 bits per heavy atom. The van der Waals surface area contributed by atoms with E-state index in [4.69, 9.17) is 10.9 Å². The zero-order chi connectivity index (χ0) is 23.4. The van der Waals surface area contributed by atoms with Crippen LogP contribution in [0.3, 0.4) is 0 Å². The summed E-state index contributed by atoms with van der Waals surface area (Å²) in [6.07, 6.45) is 0.363. The summed E-state index contributed by atoms with van der Waals surface area (Å²) in [6, 6.07) is 8.19. The summed E-state index contributed by atoms with van der Waals surface area (Å²) in [5, 5.41) is 16.0. The topological polar surface area (TPSA) is 182 Å². The first-order valence-electron chi connectivity index (χ1n) is 9.90. The Hall–Kier alpha value is -2.78. The van der Waals surface area contributed by atoms with E-state index in [1.807, 2.05) is 6.07 Å². The predicted octanol–water partition coefficient (Wildman–Crippen LogP) is 1.50. The van der Waals surface area contributed by atoms with Crippen LogP contribution >= 0.6 is 11.3 Å². The number of hydrogen-bond donors (Lipinski definition) is 3. The van der Waals surface area contributed by atoms with Crippen LogP contribution in [0.4, 0.5) is 5.13 Å². The molecule has 3 aromatic rings. The normalized spacial score (nSPS) is 18.8. The minimum atomic E-state index is -4.52. The van der Waals surface area contributed by atoms with Crippen molar-refractivity contribution in [1.82, 2.24) is 10.3 Å². The summed E-state index contributed by atoms with van der Waals surface area (Å²) in [5.41, 5.74) is 7.36. The van der Waals surface area contributed by atoms with E-state index in [1.54, 1.807) is 18.2 Å². The fraction of sp³-hybridized carbons (Fsp3) is 0.263. The van der Waals surface area contributed by atoms with Gasteiger partial charge in [0.1, 0.15) is 4.90 Å². The van der Waals surface area contributed by atoms with Crippen LogP contribution in [0.25, 0.3) is 21.3 Å². The number of benzene rings is 2. The molecule has 3 heterocycles. The van der Waals surface area contributed by atoms with Crippen molar-refractivity contribution in [3.8, 4) is 11.1 Å². The zero-order valence-electron chi connectivity index (χ0n) is 17.1. The first kappa shape index (κ1) is 22.0. The molecule has 14 heteroatoms. The fourth-order valence-corrected chi connectivity index (χ4v) is 8.17. The molecule has 1 atom stereocenters. The lowest BCUT2D eigenvalue weighted by atomic mass is 9.98. The number of fused-ring (bicyclic) bond motifs is 1. The first-order valence-corrected chi connectivity index (χ1v) is 13.8. The summed E-state index contributed by atoms with van der Waals surface area (Å²) in [4.78, 5) is 7.66. The van der Waals surface area contributed by atoms with Crippen LogP contribution in [0.15, 0.2) is 55.3 Å². The second-order valence-corrected chi connectivity index (χ2v) is 12.3. The predicted molar refractivity (Wildman–Crippen MR) is 126 cm³/mol. The van der Waals surface area contributed by atoms with E-state index in [1.165, 1.54) is 17.4 Å². The van der Waals surface area contributed by atoms with Crippen LogP contribution in [0.5, 0.6) is 0 Å². The van der Waals surface area contributed by atoms with Crippen LogP contribution in [-0.2, 0) is 19.9 Å². The number of nitrogen functional groups attached to an aromatic ring is 1. The van der Waals surface area contributed by atoms with Crippen LogP contribution < -0.4 is 16.2 Å². The van der Waals surface area contributed by atoms with Gasteiger partial charge < -0.3 is 11.1 Å². The molecule has 1 aromatic heterocycles. The van der Waals surface area contributed by atoms with Crippen LogP contribution in [0.1, 0.15) is 12.0 Å². The SMILES string of the molecule is Nc1nc2c(-c3ccc(S(=O)(=O)[C@@H]4CCNC4)c(S(N)(=O)=O)c3C3=NCN=N3)cccc2s1. The highest BCUT2D eigenvalue weighted by atomic mass is 32.2. The molecule has 0 saturated carbocycles. The third kappa shape index (κ3) is 3.73. The van der Waals surface area contributed by atoms with E-state index in [0.717, 1.165) is 4.70 Å². The molecule has 5 rings (SSSR count). The van der Waals surface area contributed by atoms with Gasteiger partial charge in [0.2, 0.25) is 10.0 Å². The number of aromatic nitrogens is 1. The number of azo groups is 1. The van der Waals surface area contributed by atoms with Gasteiger partial charge in [0, 0.05) is 12.1 Å². The largest absolute Gasteiger partial charge is 0.375 e. The number of aliphatic imine (C=N–C) groups is 1. The number of sulfonamides is 1. The number of sulfone groups is 1. The number of nitrogens with zero attached hydrogens (tertiary/aromatic N) is 4. The van der Waals surface area contributed by atoms with E-state index in [2.05, 4.69) is 25.5 Å². The van der Waals surface area contributed by atoms with Crippen molar-refractivity contribution in [3.63, 3.8) is 0 Å². The molecule has 2 aromatic carbocycles. The maximum Gasteiger partial charge on any atom is 0.240 e. The Morgan fingerprint density at radius 2 is 1.91 bits per heavy atom. The molecule has 1 fully saturated rings. The van der Waals surface area contributed by atoms with Crippen molar-refractivity contribution in [3.05, 3.63) is 35.9 Å². The van der Waals surface area contributed by atoms with Gasteiger partial charge in [0.15, 0.2) is 27.5 Å². The van der Waals surface area contributed by atoms with Gasteiger partial charge in [-0.2, -0.15) is 5.11 Å². The number of hydrogen-bond acceptors (Lipinski definition) is 11. The minimum absolute atomic E-state index is 0.00377. The number of amidine groups is 1. The van der Waals surface area contributed by atoms with E-state index >= 15 is 0 Å². The quantitative estimate of drug-likeness (QED) is 0.469. The van der Waals surface area contributed by atoms with Crippen molar-refractivity contribution < 1.29 is 16.8 Å². The smallest absolute Gasteiger partial charge is 0.240 e. The molecule has 11 nitrogen and oxygen atoms in total. The van der Waals surface area contributed by atoms with Crippen molar-refractivity contribution in [2.24, 2.45) is 20.4 Å². The number of rotatable bonds is 5. The Bertz CT molecular complexity index is 1550. The summed E-state index contributed by atoms with van der Waals surface area (Å²) in [5.74, 6) is -0.00386. The second kappa shape index (κ2) is 7.92. The van der Waals surface area contributed by atoms with Gasteiger partial charge in [0.25, 0.3) is 0 Å². The molecule has 5 N–H and O–H groups in total. The first-order chi connectivity index (χ1) is 15.7. The molecular weight excluding hydrogens is 486 g/mol. The molecule has 2 aliphatic heterocycles. The summed E-state index contributed by atoms with van der Waals surface area (Å²) in [7, 11) is -8.54. The number of thiazole rings is 1. The van der Waals surface area contributed by atoms with E-state index in [0.29, 0.717) is 34.7 Å². The van der Waals surface area contributed by atoms with Crippen LogP contribution in [-0.4, -0.2) is 52.7 Å². The maximum atomic E-state index is 13.5. The summed E-state index contributed by atoms with van der Waals surface area (Å²) in [6.45, 7) is 0.742. The highest BCUT2D eigenvalue weighted by Crippen LogP contribution is 2.40. The molecule has 1 saturated heterocycles. The van der Waals surface area contributed by atoms with Gasteiger partial charge in [-0.3, -0.25) is 0 Å². The van der Waals surface area contributed by atoms with Gasteiger partial charge >= 0.3 is 0 Å². The Morgan fingerprint density at radius 3 is 2.58 bits per heavy atom. The molecule has 172 valence electrons. The Kier molecular flexibility index (Phi) is 5.29. The molecule has 0 aliphatic carbocycles. The molecule has 0 amide bonds. The lowest BCUT2D eigenvalue weighted by Crippen LogP contribution is -2.28. The lowest BCUT2D eigenvalue weighted by Gasteiger charge is -2.19. The third-order valence-electron chi connectivity index (χ3n) is 5.57. The average molecular weight is 506 g/mol. The number of anilines is 1. The fourth-order valence-electron chi connectivity index (χ4n) is 4.13. The van der Waals surface area contributed by atoms with Crippen LogP contribution in [0, 0.1) is 0 Å². The highest BCUT2D eigenvalue weighted by molar-refractivity contribution is 7.94. The summed E-state index contributed by atoms with van der Waals surface area (Å²) >= 11 is 1.28. The standard InChI is InChI=1S/C19H19N7O4S3/c20-19-25-16-12(2-1-3-13(16)31-19)11-4-5-14(32(27,28)10-6-7-22-8-10)17(33(21,29)30)15(11)18-23-9-24-26-18/h1-5,10,22H,6-9H2,(H2,20,25)(H2,21,29,30)/t10-/m1/s1. The third-order valence-corrected chi connectivity index (χ3v) is 9.77. The second-order valence-electron chi connectivity index (χ2n) is 7.59. The maximum absolute atomic E-state index is 13.5. The molecule has 2 aliphatic rings. The van der Waals surface area contributed by atoms with Crippen molar-refractivity contribution in [2.45, 2.75) is 21.5 Å². The minimum Gasteiger partial charge on any atom is -0.375 e. The molecule has 0 unspecified atom stereocenters. The van der Waals surface area contributed by atoms with Crippen molar-refractivity contribution in [1.29, 1.82) is 0 Å². The van der Waals surface area contributed by atoms with E-state index in [-0.39, 0.29) is 29.5 Å². The molecule has 0 radical (unpaired) electrons. The Labute approximate surface area is 193 Å². The van der Waals surface area contributed by atoms with Crippen molar-refractivity contribution >= 4 is 52.4 Å². The number of para-hydroxylation sites is 1. The highest BCUT2D eigenvalue weighted by Gasteiger charge is 2.37. The number of nitrogens with one attached hydrogen (secondary N) is 1. The lowest BCUT2D eigenvalue weighted by molar-refractivity contribution is 0.574. The van der Waals surface area contributed by atoms with E-state index in [9.17, 15) is 16.8 Å². The van der Waals surface area contributed by atoms with Gasteiger partial charge in [-0.1, -0.05) is 29.5 Å². The molecule has 0 bridgehead atoms. The van der Waals surface area contributed by atoms with Gasteiger partial charge in [-0.25, -0.2) is 32.0 Å². The zero-order valence-corrected chi connectivity index (χ0v) is 19.5. The van der Waals surface area contributed by atoms with Gasteiger partial charge in [-0.05, 0) is 30.7 Å². The number of nitrogens with two attached hydrogens (primary N) is 2. The molecule has 33 heavy (non-hydrogen) atoms. The summed E-state index contributed by atoms with van der Waals surface area (Å²) < 4.78 is 53.5. The van der Waals surface area contributed by atoms with Crippen molar-refractivity contribution in [2.75, 3.05) is 25.5 Å². The van der Waals surface area contributed by atoms with Gasteiger partial charge in [-0.15, -0.1) is 5.11 Å². The molecular formula is C19H19N7O4S3. The van der Waals surface area contributed by atoms with Crippen LogP contribution in [0.2, 0.25) is 0 Å².